The van der Waals surface area contributed by atoms with Crippen LogP contribution in [0.3, 0.4) is 0 Å². The summed E-state index contributed by atoms with van der Waals surface area (Å²) in [6, 6.07) is 7.57. The Hall–Kier alpha value is -1.63. The zero-order valence-corrected chi connectivity index (χ0v) is 13.8. The molecule has 0 radical (unpaired) electrons. The molecule has 1 fully saturated rings. The van der Waals surface area contributed by atoms with Crippen LogP contribution in [0.5, 0.6) is 0 Å². The van der Waals surface area contributed by atoms with Crippen LogP contribution in [0, 0.1) is 0 Å². The molecule has 0 unspecified atom stereocenters. The first-order valence-electron chi connectivity index (χ1n) is 6.71. The van der Waals surface area contributed by atoms with E-state index in [1.807, 2.05) is 35.8 Å². The van der Waals surface area contributed by atoms with Gasteiger partial charge in [-0.1, -0.05) is 12.1 Å². The standard InChI is InChI=1S/C14H17N5O.2ClH/c1-2-19-9-16-18-12(19)10-4-3-5-11(8-10)17-13(20)14(15)6-7-14;;/h3-5,8-9H,2,6-7,15H2,1H3,(H,17,20);2*1H. The number of hydrogen-bond acceptors (Lipinski definition) is 4. The molecule has 0 aliphatic heterocycles. The van der Waals surface area contributed by atoms with Gasteiger partial charge in [0, 0.05) is 17.8 Å². The van der Waals surface area contributed by atoms with Crippen LogP contribution in [0.2, 0.25) is 0 Å². The second kappa shape index (κ2) is 7.09. The number of carbonyl (C=O) groups excluding carboxylic acids is 1. The molecule has 22 heavy (non-hydrogen) atoms. The third-order valence-corrected chi connectivity index (χ3v) is 3.58. The van der Waals surface area contributed by atoms with Crippen LogP contribution in [0.25, 0.3) is 11.4 Å². The van der Waals surface area contributed by atoms with Crippen molar-refractivity contribution >= 4 is 36.4 Å². The molecule has 1 aromatic carbocycles. The quantitative estimate of drug-likeness (QED) is 0.891. The number of nitrogens with one attached hydrogen (secondary N) is 1. The molecule has 8 heteroatoms. The maximum Gasteiger partial charge on any atom is 0.244 e. The Balaban J connectivity index is 0.00000121. The van der Waals surface area contributed by atoms with Gasteiger partial charge in [-0.25, -0.2) is 0 Å². The average molecular weight is 344 g/mol. The highest BCUT2D eigenvalue weighted by atomic mass is 35.5. The van der Waals surface area contributed by atoms with Gasteiger partial charge in [0.1, 0.15) is 6.33 Å². The number of carbonyl (C=O) groups is 1. The largest absolute Gasteiger partial charge is 0.324 e. The second-order valence-corrected chi connectivity index (χ2v) is 5.13. The lowest BCUT2D eigenvalue weighted by atomic mass is 10.1. The lowest BCUT2D eigenvalue weighted by Crippen LogP contribution is -2.37. The van der Waals surface area contributed by atoms with Gasteiger partial charge in [0.2, 0.25) is 5.91 Å². The summed E-state index contributed by atoms with van der Waals surface area (Å²) < 4.78 is 1.95. The Morgan fingerprint density at radius 3 is 2.77 bits per heavy atom. The zero-order valence-electron chi connectivity index (χ0n) is 12.2. The number of rotatable bonds is 4. The predicted octanol–water partition coefficient (Wildman–Crippen LogP) is 2.24. The Bertz CT molecular complexity index is 654. The molecule has 1 heterocycles. The minimum Gasteiger partial charge on any atom is -0.324 e. The molecule has 0 spiro atoms. The number of aryl methyl sites for hydroxylation is 1. The van der Waals surface area contributed by atoms with Crippen LogP contribution in [0.15, 0.2) is 30.6 Å². The lowest BCUT2D eigenvalue weighted by molar-refractivity contribution is -0.118. The van der Waals surface area contributed by atoms with E-state index in [2.05, 4.69) is 15.5 Å². The first-order valence-corrected chi connectivity index (χ1v) is 6.71. The highest BCUT2D eigenvalue weighted by Crippen LogP contribution is 2.33. The molecule has 1 aromatic heterocycles. The molecular weight excluding hydrogens is 325 g/mol. The molecule has 0 saturated heterocycles. The Labute approximate surface area is 141 Å². The Morgan fingerprint density at radius 1 is 1.41 bits per heavy atom. The van der Waals surface area contributed by atoms with Crippen molar-refractivity contribution in [1.29, 1.82) is 0 Å². The lowest BCUT2D eigenvalue weighted by Gasteiger charge is -2.11. The summed E-state index contributed by atoms with van der Waals surface area (Å²) in [5.74, 6) is 0.670. The van der Waals surface area contributed by atoms with Crippen molar-refractivity contribution in [3.63, 3.8) is 0 Å². The van der Waals surface area contributed by atoms with E-state index in [0.717, 1.165) is 36.5 Å². The van der Waals surface area contributed by atoms with Crippen LogP contribution in [-0.4, -0.2) is 26.2 Å². The smallest absolute Gasteiger partial charge is 0.244 e. The van der Waals surface area contributed by atoms with Crippen molar-refractivity contribution in [3.05, 3.63) is 30.6 Å². The number of anilines is 1. The van der Waals surface area contributed by atoms with Crippen LogP contribution in [0.4, 0.5) is 5.69 Å². The summed E-state index contributed by atoms with van der Waals surface area (Å²) in [6.45, 7) is 2.83. The molecule has 1 aliphatic rings. The topological polar surface area (TPSA) is 85.8 Å². The molecule has 1 saturated carbocycles. The van der Waals surface area contributed by atoms with Gasteiger partial charge in [0.15, 0.2) is 5.82 Å². The first-order chi connectivity index (χ1) is 9.62. The highest BCUT2D eigenvalue weighted by molar-refractivity contribution is 6.00. The van der Waals surface area contributed by atoms with E-state index in [0.29, 0.717) is 0 Å². The van der Waals surface area contributed by atoms with E-state index in [4.69, 9.17) is 5.73 Å². The summed E-state index contributed by atoms with van der Waals surface area (Å²) in [5.41, 5.74) is 6.86. The van der Waals surface area contributed by atoms with E-state index in [1.165, 1.54) is 0 Å². The molecule has 1 amide bonds. The van der Waals surface area contributed by atoms with E-state index in [-0.39, 0.29) is 30.7 Å². The van der Waals surface area contributed by atoms with Gasteiger partial charge in [-0.3, -0.25) is 4.79 Å². The summed E-state index contributed by atoms with van der Waals surface area (Å²) in [6.07, 6.45) is 3.20. The first kappa shape index (κ1) is 18.4. The third-order valence-electron chi connectivity index (χ3n) is 3.58. The molecule has 0 bridgehead atoms. The van der Waals surface area contributed by atoms with Gasteiger partial charge in [-0.15, -0.1) is 35.0 Å². The van der Waals surface area contributed by atoms with Gasteiger partial charge >= 0.3 is 0 Å². The van der Waals surface area contributed by atoms with E-state index >= 15 is 0 Å². The zero-order chi connectivity index (χ0) is 14.2. The van der Waals surface area contributed by atoms with Crippen LogP contribution < -0.4 is 11.1 Å². The van der Waals surface area contributed by atoms with E-state index in [1.54, 1.807) is 6.33 Å². The highest BCUT2D eigenvalue weighted by Gasteiger charge is 2.45. The monoisotopic (exact) mass is 343 g/mol. The fourth-order valence-corrected chi connectivity index (χ4v) is 2.06. The summed E-state index contributed by atoms with van der Waals surface area (Å²) >= 11 is 0. The number of nitrogens with zero attached hydrogens (tertiary/aromatic N) is 3. The molecule has 3 rings (SSSR count). The minimum absolute atomic E-state index is 0. The SMILES string of the molecule is CCn1cnnc1-c1cccc(NC(=O)C2(N)CC2)c1.Cl.Cl. The van der Waals surface area contributed by atoms with Crippen LogP contribution >= 0.6 is 24.8 Å². The van der Waals surface area contributed by atoms with Gasteiger partial charge in [0.25, 0.3) is 0 Å². The van der Waals surface area contributed by atoms with Crippen LogP contribution in [0.1, 0.15) is 19.8 Å². The summed E-state index contributed by atoms with van der Waals surface area (Å²) in [5, 5.41) is 10.9. The third kappa shape index (κ3) is 3.58. The summed E-state index contributed by atoms with van der Waals surface area (Å²) in [7, 11) is 0. The molecule has 120 valence electrons. The van der Waals surface area contributed by atoms with Gasteiger partial charge in [-0.05, 0) is 31.9 Å². The molecule has 3 N–H and O–H groups in total. The predicted molar refractivity (Wildman–Crippen MR) is 90.4 cm³/mol. The summed E-state index contributed by atoms with van der Waals surface area (Å²) in [4.78, 5) is 11.9. The second-order valence-electron chi connectivity index (χ2n) is 5.13. The molecule has 6 nitrogen and oxygen atoms in total. The van der Waals surface area contributed by atoms with Crippen molar-refractivity contribution in [3.8, 4) is 11.4 Å². The fourth-order valence-electron chi connectivity index (χ4n) is 2.06. The molecular formula is C14H19Cl2N5O. The van der Waals surface area contributed by atoms with E-state index in [9.17, 15) is 4.79 Å². The molecule has 2 aromatic rings. The van der Waals surface area contributed by atoms with Gasteiger partial charge in [-0.2, -0.15) is 0 Å². The number of halogens is 2. The number of benzene rings is 1. The van der Waals surface area contributed by atoms with Gasteiger partial charge in [0.05, 0.1) is 5.54 Å². The normalized spacial score (nSPS) is 14.5. The molecule has 1 aliphatic carbocycles. The van der Waals surface area contributed by atoms with E-state index < -0.39 is 5.54 Å². The number of amides is 1. The van der Waals surface area contributed by atoms with Crippen molar-refractivity contribution in [2.45, 2.75) is 31.8 Å². The van der Waals surface area contributed by atoms with Crippen molar-refractivity contribution in [2.75, 3.05) is 5.32 Å². The Morgan fingerprint density at radius 2 is 2.14 bits per heavy atom. The number of hydrogen-bond donors (Lipinski definition) is 2. The van der Waals surface area contributed by atoms with Crippen molar-refractivity contribution < 1.29 is 4.79 Å². The van der Waals surface area contributed by atoms with Crippen LogP contribution in [-0.2, 0) is 11.3 Å². The number of aromatic nitrogens is 3. The Kier molecular flexibility index (Phi) is 5.93. The fraction of sp³-hybridized carbons (Fsp3) is 0.357. The maximum absolute atomic E-state index is 11.9. The van der Waals surface area contributed by atoms with Crippen molar-refractivity contribution in [1.82, 2.24) is 14.8 Å². The average Bonchev–Trinajstić information content (AvgIpc) is 3.04. The molecule has 0 atom stereocenters. The minimum atomic E-state index is -0.667. The van der Waals surface area contributed by atoms with Gasteiger partial charge < -0.3 is 15.6 Å². The number of nitrogens with two attached hydrogens (primary N) is 1. The maximum atomic E-state index is 11.9. The van der Waals surface area contributed by atoms with Crippen molar-refractivity contribution in [2.24, 2.45) is 5.73 Å².